The summed E-state index contributed by atoms with van der Waals surface area (Å²) < 4.78 is 35.6. The summed E-state index contributed by atoms with van der Waals surface area (Å²) in [5, 5.41) is 0.653. The van der Waals surface area contributed by atoms with Crippen molar-refractivity contribution in [2.24, 2.45) is 0 Å². The summed E-state index contributed by atoms with van der Waals surface area (Å²) in [6.07, 6.45) is 5.04. The predicted octanol–water partition coefficient (Wildman–Crippen LogP) is 4.88. The SMILES string of the molecule is Cc1ccc(S(=O)(=O)N(Cc2ccco2)Cc2nccn2Cc2cccc(Cl)c2)cc1. The first-order chi connectivity index (χ1) is 14.9. The van der Waals surface area contributed by atoms with Crippen LogP contribution >= 0.6 is 11.6 Å². The van der Waals surface area contributed by atoms with Gasteiger partial charge in [0.25, 0.3) is 0 Å². The fraction of sp³-hybridized carbons (Fsp3) is 0.174. The zero-order chi connectivity index (χ0) is 21.8. The molecule has 0 bridgehead atoms. The zero-order valence-electron chi connectivity index (χ0n) is 17.0. The second kappa shape index (κ2) is 9.09. The minimum absolute atomic E-state index is 0.102. The number of aromatic nitrogens is 2. The Morgan fingerprint density at radius 2 is 1.87 bits per heavy atom. The van der Waals surface area contributed by atoms with E-state index in [1.54, 1.807) is 42.6 Å². The summed E-state index contributed by atoms with van der Waals surface area (Å²) in [4.78, 5) is 4.65. The van der Waals surface area contributed by atoms with E-state index in [0.717, 1.165) is 11.1 Å². The second-order valence-corrected chi connectivity index (χ2v) is 9.64. The molecule has 160 valence electrons. The highest BCUT2D eigenvalue weighted by Crippen LogP contribution is 2.22. The van der Waals surface area contributed by atoms with E-state index < -0.39 is 10.0 Å². The lowest BCUT2D eigenvalue weighted by atomic mass is 10.2. The summed E-state index contributed by atoms with van der Waals surface area (Å²) in [6.45, 7) is 2.66. The maximum atomic E-state index is 13.4. The highest BCUT2D eigenvalue weighted by molar-refractivity contribution is 7.89. The van der Waals surface area contributed by atoms with E-state index in [9.17, 15) is 8.42 Å². The lowest BCUT2D eigenvalue weighted by molar-refractivity contribution is 0.348. The lowest BCUT2D eigenvalue weighted by Crippen LogP contribution is -2.31. The van der Waals surface area contributed by atoms with Crippen molar-refractivity contribution in [1.82, 2.24) is 13.9 Å². The fourth-order valence-corrected chi connectivity index (χ4v) is 4.86. The molecule has 0 saturated carbocycles. The molecule has 0 N–H and O–H groups in total. The minimum atomic E-state index is -3.77. The molecule has 0 amide bonds. The maximum Gasteiger partial charge on any atom is 0.243 e. The minimum Gasteiger partial charge on any atom is -0.468 e. The molecular weight excluding hydrogens is 434 g/mol. The molecule has 2 aromatic carbocycles. The van der Waals surface area contributed by atoms with E-state index in [4.69, 9.17) is 16.0 Å². The van der Waals surface area contributed by atoms with Crippen LogP contribution < -0.4 is 0 Å². The molecule has 0 aliphatic rings. The van der Waals surface area contributed by atoms with Crippen molar-refractivity contribution in [3.05, 3.63) is 107 Å². The Kier molecular flexibility index (Phi) is 6.27. The van der Waals surface area contributed by atoms with Crippen LogP contribution in [0.25, 0.3) is 0 Å². The molecule has 4 aromatic rings. The Labute approximate surface area is 186 Å². The molecule has 0 aliphatic heterocycles. The molecule has 0 saturated heterocycles. The average molecular weight is 456 g/mol. The van der Waals surface area contributed by atoms with Crippen molar-refractivity contribution in [1.29, 1.82) is 0 Å². The van der Waals surface area contributed by atoms with Crippen LogP contribution in [0, 0.1) is 6.92 Å². The van der Waals surface area contributed by atoms with Crippen LogP contribution in [-0.4, -0.2) is 22.3 Å². The van der Waals surface area contributed by atoms with Crippen molar-refractivity contribution in [3.63, 3.8) is 0 Å². The lowest BCUT2D eigenvalue weighted by Gasteiger charge is -2.22. The van der Waals surface area contributed by atoms with Gasteiger partial charge in [0, 0.05) is 24.0 Å². The number of benzene rings is 2. The molecule has 0 spiro atoms. The Balaban J connectivity index is 1.64. The van der Waals surface area contributed by atoms with Gasteiger partial charge < -0.3 is 8.98 Å². The third kappa shape index (κ3) is 5.07. The molecule has 0 atom stereocenters. The van der Waals surface area contributed by atoms with Crippen LogP contribution in [0.1, 0.15) is 22.7 Å². The third-order valence-corrected chi connectivity index (χ3v) is 6.97. The first-order valence-corrected chi connectivity index (χ1v) is 11.6. The first kappa shape index (κ1) is 21.4. The first-order valence-electron chi connectivity index (χ1n) is 9.75. The second-order valence-electron chi connectivity index (χ2n) is 7.27. The van der Waals surface area contributed by atoms with Crippen molar-refractivity contribution >= 4 is 21.6 Å². The van der Waals surface area contributed by atoms with Gasteiger partial charge in [0.2, 0.25) is 10.0 Å². The molecule has 0 radical (unpaired) electrons. The summed E-state index contributed by atoms with van der Waals surface area (Å²) in [5.74, 6) is 1.19. The van der Waals surface area contributed by atoms with Crippen molar-refractivity contribution in [3.8, 4) is 0 Å². The molecule has 4 rings (SSSR count). The molecule has 2 heterocycles. The Hall–Kier alpha value is -2.87. The van der Waals surface area contributed by atoms with Crippen molar-refractivity contribution in [2.45, 2.75) is 31.5 Å². The standard InChI is InChI=1S/C23H22ClN3O3S/c1-18-7-9-22(10-8-18)31(28,29)27(16-21-6-3-13-30-21)17-23-25-11-12-26(23)15-19-4-2-5-20(24)14-19/h2-14H,15-17H2,1H3. The van der Waals surface area contributed by atoms with Crippen LogP contribution in [0.15, 0.2) is 88.6 Å². The van der Waals surface area contributed by atoms with Gasteiger partial charge in [-0.2, -0.15) is 4.31 Å². The highest BCUT2D eigenvalue weighted by atomic mass is 35.5. The van der Waals surface area contributed by atoms with Gasteiger partial charge in [-0.05, 0) is 48.9 Å². The van der Waals surface area contributed by atoms with E-state index >= 15 is 0 Å². The molecule has 0 fully saturated rings. The highest BCUT2D eigenvalue weighted by Gasteiger charge is 2.27. The number of imidazole rings is 1. The van der Waals surface area contributed by atoms with E-state index in [2.05, 4.69) is 4.98 Å². The van der Waals surface area contributed by atoms with Crippen molar-refractivity contribution < 1.29 is 12.8 Å². The van der Waals surface area contributed by atoms with Gasteiger partial charge in [-0.1, -0.05) is 41.4 Å². The van der Waals surface area contributed by atoms with E-state index in [1.807, 2.05) is 42.0 Å². The van der Waals surface area contributed by atoms with Gasteiger partial charge in [0.1, 0.15) is 11.6 Å². The maximum absolute atomic E-state index is 13.4. The smallest absolute Gasteiger partial charge is 0.243 e. The molecule has 8 heteroatoms. The molecule has 2 aromatic heterocycles. The van der Waals surface area contributed by atoms with Gasteiger partial charge in [-0.3, -0.25) is 0 Å². The number of halogens is 1. The largest absolute Gasteiger partial charge is 0.468 e. The monoisotopic (exact) mass is 455 g/mol. The van der Waals surface area contributed by atoms with Crippen molar-refractivity contribution in [2.75, 3.05) is 0 Å². The van der Waals surface area contributed by atoms with Gasteiger partial charge in [0.15, 0.2) is 0 Å². The molecule has 0 aliphatic carbocycles. The average Bonchev–Trinajstić information content (AvgIpc) is 3.40. The van der Waals surface area contributed by atoms with Gasteiger partial charge in [-0.15, -0.1) is 0 Å². The normalized spacial score (nSPS) is 11.8. The number of nitrogens with zero attached hydrogens (tertiary/aromatic N) is 3. The zero-order valence-corrected chi connectivity index (χ0v) is 18.6. The van der Waals surface area contributed by atoms with Crippen LogP contribution in [0.4, 0.5) is 0 Å². The van der Waals surface area contributed by atoms with Crippen LogP contribution in [0.3, 0.4) is 0 Å². The number of hydrogen-bond donors (Lipinski definition) is 0. The van der Waals surface area contributed by atoms with E-state index in [0.29, 0.717) is 23.2 Å². The number of furan rings is 1. The van der Waals surface area contributed by atoms with Crippen LogP contribution in [-0.2, 0) is 29.7 Å². The molecule has 31 heavy (non-hydrogen) atoms. The summed E-state index contributed by atoms with van der Waals surface area (Å²) >= 11 is 6.10. The summed E-state index contributed by atoms with van der Waals surface area (Å²) in [6, 6.07) is 17.9. The van der Waals surface area contributed by atoms with Gasteiger partial charge >= 0.3 is 0 Å². The quantitative estimate of drug-likeness (QED) is 0.380. The van der Waals surface area contributed by atoms with E-state index in [1.165, 1.54) is 10.6 Å². The molecular formula is C23H22ClN3O3S. The third-order valence-electron chi connectivity index (χ3n) is 4.93. The molecule has 0 unspecified atom stereocenters. The summed E-state index contributed by atoms with van der Waals surface area (Å²) in [5.41, 5.74) is 2.00. The van der Waals surface area contributed by atoms with Gasteiger partial charge in [-0.25, -0.2) is 13.4 Å². The molecule has 6 nitrogen and oxygen atoms in total. The topological polar surface area (TPSA) is 68.3 Å². The van der Waals surface area contributed by atoms with E-state index in [-0.39, 0.29) is 18.0 Å². The fourth-order valence-electron chi connectivity index (χ4n) is 3.29. The van der Waals surface area contributed by atoms with Crippen LogP contribution in [0.2, 0.25) is 5.02 Å². The van der Waals surface area contributed by atoms with Gasteiger partial charge in [0.05, 0.1) is 24.2 Å². The number of sulfonamides is 1. The Morgan fingerprint density at radius 3 is 2.58 bits per heavy atom. The number of aryl methyl sites for hydroxylation is 1. The van der Waals surface area contributed by atoms with Crippen LogP contribution in [0.5, 0.6) is 0 Å². The summed E-state index contributed by atoms with van der Waals surface area (Å²) in [7, 11) is -3.77. The Morgan fingerprint density at radius 1 is 1.06 bits per heavy atom. The number of rotatable bonds is 8. The number of hydrogen-bond acceptors (Lipinski definition) is 4. The predicted molar refractivity (Wildman–Crippen MR) is 119 cm³/mol. The Bertz CT molecular complexity index is 1250.